The second-order valence-corrected chi connectivity index (χ2v) is 7.17. The van der Waals surface area contributed by atoms with Crippen LogP contribution in [0.4, 0.5) is 0 Å². The van der Waals surface area contributed by atoms with Crippen molar-refractivity contribution in [3.05, 3.63) is 0 Å². The first-order valence-electron chi connectivity index (χ1n) is 7.82. The van der Waals surface area contributed by atoms with E-state index in [9.17, 15) is 0 Å². The maximum atomic E-state index is 3.74. The summed E-state index contributed by atoms with van der Waals surface area (Å²) in [7, 11) is 2.35. The molecule has 1 aliphatic carbocycles. The highest BCUT2D eigenvalue weighted by Gasteiger charge is 2.27. The van der Waals surface area contributed by atoms with Gasteiger partial charge in [0.2, 0.25) is 0 Å². The van der Waals surface area contributed by atoms with Gasteiger partial charge in [-0.2, -0.15) is 11.8 Å². The summed E-state index contributed by atoms with van der Waals surface area (Å²) >= 11 is 2.13. The fourth-order valence-corrected chi connectivity index (χ4v) is 4.82. The van der Waals surface area contributed by atoms with Crippen molar-refractivity contribution in [2.75, 3.05) is 31.6 Å². The Hall–Kier alpha value is 0.270. The van der Waals surface area contributed by atoms with Crippen LogP contribution in [0.3, 0.4) is 0 Å². The summed E-state index contributed by atoms with van der Waals surface area (Å²) in [5.74, 6) is 3.61. The second-order valence-electron chi connectivity index (χ2n) is 6.02. The van der Waals surface area contributed by atoms with E-state index in [2.05, 4.69) is 35.9 Å². The summed E-state index contributed by atoms with van der Waals surface area (Å²) in [6.45, 7) is 4.69. The van der Waals surface area contributed by atoms with E-state index in [-0.39, 0.29) is 0 Å². The van der Waals surface area contributed by atoms with Crippen molar-refractivity contribution < 1.29 is 0 Å². The van der Waals surface area contributed by atoms with Crippen LogP contribution in [-0.4, -0.2) is 48.6 Å². The minimum absolute atomic E-state index is 0.772. The molecule has 3 heteroatoms. The molecule has 3 atom stereocenters. The third-order valence-corrected chi connectivity index (χ3v) is 5.82. The lowest BCUT2D eigenvalue weighted by molar-refractivity contribution is 0.188. The van der Waals surface area contributed by atoms with E-state index in [1.165, 1.54) is 56.6 Å². The first-order valence-corrected chi connectivity index (χ1v) is 8.98. The lowest BCUT2D eigenvalue weighted by Gasteiger charge is -2.32. The minimum atomic E-state index is 0.772. The summed E-state index contributed by atoms with van der Waals surface area (Å²) in [6.07, 6.45) is 8.55. The van der Waals surface area contributed by atoms with Crippen LogP contribution in [0.5, 0.6) is 0 Å². The van der Waals surface area contributed by atoms with Gasteiger partial charge in [0.1, 0.15) is 0 Å². The Morgan fingerprint density at radius 1 is 1.17 bits per heavy atom. The molecule has 0 bridgehead atoms. The molecular weight excluding hydrogens is 240 g/mol. The molecule has 2 fully saturated rings. The summed E-state index contributed by atoms with van der Waals surface area (Å²) in [5.41, 5.74) is 0. The number of thioether (sulfide) groups is 1. The predicted molar refractivity (Wildman–Crippen MR) is 82.4 cm³/mol. The van der Waals surface area contributed by atoms with Crippen LogP contribution in [0.15, 0.2) is 0 Å². The Bertz CT molecular complexity index is 229. The highest BCUT2D eigenvalue weighted by atomic mass is 32.2. The minimum Gasteiger partial charge on any atom is -0.314 e. The fraction of sp³-hybridized carbons (Fsp3) is 1.00. The molecule has 1 N–H and O–H groups in total. The summed E-state index contributed by atoms with van der Waals surface area (Å²) < 4.78 is 0. The van der Waals surface area contributed by atoms with Crippen LogP contribution in [0.25, 0.3) is 0 Å². The number of nitrogens with zero attached hydrogens (tertiary/aromatic N) is 1. The van der Waals surface area contributed by atoms with Crippen molar-refractivity contribution in [2.24, 2.45) is 5.92 Å². The van der Waals surface area contributed by atoms with Crippen LogP contribution in [-0.2, 0) is 0 Å². The van der Waals surface area contributed by atoms with Gasteiger partial charge in [0.25, 0.3) is 0 Å². The lowest BCUT2D eigenvalue weighted by Crippen LogP contribution is -2.43. The molecule has 0 amide bonds. The first kappa shape index (κ1) is 14.7. The Kier molecular flexibility index (Phi) is 6.33. The molecule has 1 heterocycles. The summed E-state index contributed by atoms with van der Waals surface area (Å²) in [5, 5.41) is 3.74. The molecule has 0 aromatic carbocycles. The zero-order valence-corrected chi connectivity index (χ0v) is 13.0. The molecule has 0 aromatic heterocycles. The van der Waals surface area contributed by atoms with Crippen LogP contribution in [0.1, 0.15) is 45.4 Å². The lowest BCUT2D eigenvalue weighted by atomic mass is 9.93. The van der Waals surface area contributed by atoms with E-state index in [0.29, 0.717) is 0 Å². The molecule has 1 saturated carbocycles. The topological polar surface area (TPSA) is 15.3 Å². The van der Waals surface area contributed by atoms with E-state index >= 15 is 0 Å². The SMILES string of the molecule is CCNC1CCCCCC1CN(C)C1CCSC1. The van der Waals surface area contributed by atoms with Crippen molar-refractivity contribution >= 4 is 11.8 Å². The van der Waals surface area contributed by atoms with Crippen LogP contribution in [0.2, 0.25) is 0 Å². The van der Waals surface area contributed by atoms with Gasteiger partial charge >= 0.3 is 0 Å². The number of rotatable bonds is 5. The van der Waals surface area contributed by atoms with E-state index in [1.807, 2.05) is 0 Å². The Labute approximate surface area is 117 Å². The predicted octanol–water partition coefficient (Wildman–Crippen LogP) is 2.98. The van der Waals surface area contributed by atoms with Crippen molar-refractivity contribution in [3.8, 4) is 0 Å². The number of hydrogen-bond donors (Lipinski definition) is 1. The molecule has 2 aliphatic rings. The van der Waals surface area contributed by atoms with Gasteiger partial charge < -0.3 is 10.2 Å². The zero-order chi connectivity index (χ0) is 12.8. The third kappa shape index (κ3) is 4.14. The van der Waals surface area contributed by atoms with E-state index < -0.39 is 0 Å². The van der Waals surface area contributed by atoms with Gasteiger partial charge in [-0.25, -0.2) is 0 Å². The van der Waals surface area contributed by atoms with Gasteiger partial charge in [0.15, 0.2) is 0 Å². The molecule has 18 heavy (non-hydrogen) atoms. The fourth-order valence-electron chi connectivity index (χ4n) is 3.52. The molecule has 1 aliphatic heterocycles. The monoisotopic (exact) mass is 270 g/mol. The van der Waals surface area contributed by atoms with Crippen molar-refractivity contribution in [2.45, 2.75) is 57.5 Å². The summed E-state index contributed by atoms with van der Waals surface area (Å²) in [4.78, 5) is 2.65. The van der Waals surface area contributed by atoms with Gasteiger partial charge in [-0.3, -0.25) is 0 Å². The molecule has 106 valence electrons. The van der Waals surface area contributed by atoms with Crippen molar-refractivity contribution in [1.29, 1.82) is 0 Å². The molecule has 1 saturated heterocycles. The van der Waals surface area contributed by atoms with Crippen LogP contribution >= 0.6 is 11.8 Å². The first-order chi connectivity index (χ1) is 8.81. The average molecular weight is 270 g/mol. The van der Waals surface area contributed by atoms with Crippen molar-refractivity contribution in [1.82, 2.24) is 10.2 Å². The van der Waals surface area contributed by atoms with E-state index in [4.69, 9.17) is 0 Å². The molecule has 2 rings (SSSR count). The van der Waals surface area contributed by atoms with Crippen LogP contribution in [0, 0.1) is 5.92 Å². The maximum absolute atomic E-state index is 3.74. The molecule has 0 spiro atoms. The highest BCUT2D eigenvalue weighted by Crippen LogP contribution is 2.27. The molecule has 2 nitrogen and oxygen atoms in total. The van der Waals surface area contributed by atoms with Gasteiger partial charge in [-0.15, -0.1) is 0 Å². The Balaban J connectivity index is 1.86. The number of hydrogen-bond acceptors (Lipinski definition) is 3. The largest absolute Gasteiger partial charge is 0.314 e. The Morgan fingerprint density at radius 3 is 2.72 bits per heavy atom. The smallest absolute Gasteiger partial charge is 0.0191 e. The van der Waals surface area contributed by atoms with E-state index in [1.54, 1.807) is 0 Å². The standard InChI is InChI=1S/C15H30N2S/c1-3-16-15-8-6-4-5-7-13(15)11-17(2)14-9-10-18-12-14/h13-16H,3-12H2,1-2H3. The van der Waals surface area contributed by atoms with E-state index in [0.717, 1.165) is 24.5 Å². The number of nitrogens with one attached hydrogen (secondary N) is 1. The van der Waals surface area contributed by atoms with Crippen molar-refractivity contribution in [3.63, 3.8) is 0 Å². The Morgan fingerprint density at radius 2 is 2.00 bits per heavy atom. The quantitative estimate of drug-likeness (QED) is 0.773. The van der Waals surface area contributed by atoms with Gasteiger partial charge in [-0.1, -0.05) is 26.2 Å². The second kappa shape index (κ2) is 7.76. The summed E-state index contributed by atoms with van der Waals surface area (Å²) in [6, 6.07) is 1.62. The van der Waals surface area contributed by atoms with Gasteiger partial charge in [-0.05, 0) is 44.5 Å². The van der Waals surface area contributed by atoms with Gasteiger partial charge in [0, 0.05) is 24.4 Å². The molecular formula is C15H30N2S. The maximum Gasteiger partial charge on any atom is 0.0191 e. The average Bonchev–Trinajstić information content (AvgIpc) is 2.82. The molecule has 3 unspecified atom stereocenters. The van der Waals surface area contributed by atoms with Crippen LogP contribution < -0.4 is 5.32 Å². The molecule has 0 aromatic rings. The normalized spacial score (nSPS) is 33.8. The zero-order valence-electron chi connectivity index (χ0n) is 12.2. The molecule has 0 radical (unpaired) electrons. The highest BCUT2D eigenvalue weighted by molar-refractivity contribution is 7.99. The van der Waals surface area contributed by atoms with Gasteiger partial charge in [0.05, 0.1) is 0 Å². The third-order valence-electron chi connectivity index (χ3n) is 4.68.